The molecule has 2 aliphatic carbocycles. The molecule has 0 amide bonds. The fourth-order valence-corrected chi connectivity index (χ4v) is 3.15. The lowest BCUT2D eigenvalue weighted by molar-refractivity contribution is 0.175. The third-order valence-corrected chi connectivity index (χ3v) is 4.72. The van der Waals surface area contributed by atoms with Gasteiger partial charge in [0.2, 0.25) is 0 Å². The average Bonchev–Trinajstić information content (AvgIpc) is 3.23. The number of anilines is 1. The van der Waals surface area contributed by atoms with E-state index in [0.29, 0.717) is 5.41 Å². The van der Waals surface area contributed by atoms with Gasteiger partial charge in [0.05, 0.1) is 0 Å². The number of aryl methyl sites for hydroxylation is 2. The summed E-state index contributed by atoms with van der Waals surface area (Å²) < 4.78 is 5.23. The van der Waals surface area contributed by atoms with Gasteiger partial charge in [-0.1, -0.05) is 0 Å². The van der Waals surface area contributed by atoms with Gasteiger partial charge in [-0.2, -0.15) is 0 Å². The van der Waals surface area contributed by atoms with Gasteiger partial charge < -0.3 is 10.1 Å². The van der Waals surface area contributed by atoms with Crippen LogP contribution in [0, 0.1) is 12.3 Å². The minimum absolute atomic E-state index is 0.455. The number of ether oxygens (including phenoxy) is 1. The largest absolute Gasteiger partial charge is 0.385 e. The zero-order valence-electron chi connectivity index (χ0n) is 12.7. The molecule has 0 aliphatic heterocycles. The number of nitrogens with zero attached hydrogens (tertiary/aromatic N) is 2. The summed E-state index contributed by atoms with van der Waals surface area (Å²) in [6, 6.07) is 0. The van der Waals surface area contributed by atoms with E-state index in [9.17, 15) is 0 Å². The molecule has 0 atom stereocenters. The van der Waals surface area contributed by atoms with E-state index in [4.69, 9.17) is 4.74 Å². The molecule has 110 valence electrons. The number of nitrogens with one attached hydrogen (secondary N) is 1. The summed E-state index contributed by atoms with van der Waals surface area (Å²) in [4.78, 5) is 9.26. The van der Waals surface area contributed by atoms with Gasteiger partial charge in [0, 0.05) is 31.5 Å². The number of aromatic nitrogens is 2. The molecule has 0 bridgehead atoms. The second kappa shape index (κ2) is 5.68. The van der Waals surface area contributed by atoms with Gasteiger partial charge in [0.25, 0.3) is 0 Å². The monoisotopic (exact) mass is 275 g/mol. The summed E-state index contributed by atoms with van der Waals surface area (Å²) in [6.45, 7) is 3.89. The van der Waals surface area contributed by atoms with Crippen molar-refractivity contribution in [3.05, 3.63) is 17.1 Å². The van der Waals surface area contributed by atoms with Crippen molar-refractivity contribution in [1.29, 1.82) is 0 Å². The summed E-state index contributed by atoms with van der Waals surface area (Å²) in [7, 11) is 1.79. The normalized spacial score (nSPS) is 19.5. The van der Waals surface area contributed by atoms with Gasteiger partial charge in [-0.25, -0.2) is 9.97 Å². The number of hydrogen-bond donors (Lipinski definition) is 1. The lowest BCUT2D eigenvalue weighted by atomic mass is 9.96. The molecule has 1 aromatic rings. The van der Waals surface area contributed by atoms with Crippen molar-refractivity contribution in [3.63, 3.8) is 0 Å². The minimum Gasteiger partial charge on any atom is -0.385 e. The molecule has 0 saturated heterocycles. The Morgan fingerprint density at radius 1 is 1.20 bits per heavy atom. The molecule has 0 unspecified atom stereocenters. The van der Waals surface area contributed by atoms with E-state index in [-0.39, 0.29) is 0 Å². The zero-order chi connectivity index (χ0) is 14.0. The highest BCUT2D eigenvalue weighted by Crippen LogP contribution is 2.48. The fraction of sp³-hybridized carbons (Fsp3) is 0.750. The molecular formula is C16H25N3O. The molecule has 1 aromatic heterocycles. The summed E-state index contributed by atoms with van der Waals surface area (Å²) in [5.74, 6) is 1.99. The Bertz CT molecular complexity index is 483. The quantitative estimate of drug-likeness (QED) is 0.867. The second-order valence-electron chi connectivity index (χ2n) is 6.35. The smallest absolute Gasteiger partial charge is 0.133 e. The van der Waals surface area contributed by atoms with Crippen molar-refractivity contribution >= 4 is 5.82 Å². The van der Waals surface area contributed by atoms with Gasteiger partial charge in [0.1, 0.15) is 11.6 Å². The van der Waals surface area contributed by atoms with Crippen LogP contribution in [0.4, 0.5) is 5.82 Å². The van der Waals surface area contributed by atoms with Crippen LogP contribution in [-0.2, 0) is 17.6 Å². The second-order valence-corrected chi connectivity index (χ2v) is 6.35. The number of methoxy groups -OCH3 is 1. The molecule has 4 heteroatoms. The van der Waals surface area contributed by atoms with Crippen LogP contribution in [0.5, 0.6) is 0 Å². The van der Waals surface area contributed by atoms with Gasteiger partial charge in [0.15, 0.2) is 0 Å². The van der Waals surface area contributed by atoms with Crippen molar-refractivity contribution in [2.75, 3.05) is 25.6 Å². The van der Waals surface area contributed by atoms with Crippen LogP contribution in [0.15, 0.2) is 0 Å². The van der Waals surface area contributed by atoms with Crippen LogP contribution in [-0.4, -0.2) is 30.2 Å². The first-order chi connectivity index (χ1) is 9.72. The first-order valence-electron chi connectivity index (χ1n) is 7.82. The van der Waals surface area contributed by atoms with Gasteiger partial charge >= 0.3 is 0 Å². The van der Waals surface area contributed by atoms with E-state index in [2.05, 4.69) is 15.3 Å². The molecule has 1 N–H and O–H groups in total. The maximum atomic E-state index is 5.23. The van der Waals surface area contributed by atoms with Gasteiger partial charge in [-0.05, 0) is 57.3 Å². The van der Waals surface area contributed by atoms with Crippen LogP contribution < -0.4 is 5.32 Å². The van der Waals surface area contributed by atoms with Crippen LogP contribution >= 0.6 is 0 Å². The number of rotatable bonds is 6. The third-order valence-electron chi connectivity index (χ3n) is 4.72. The topological polar surface area (TPSA) is 47.0 Å². The van der Waals surface area contributed by atoms with Crippen molar-refractivity contribution in [1.82, 2.24) is 9.97 Å². The van der Waals surface area contributed by atoms with E-state index >= 15 is 0 Å². The van der Waals surface area contributed by atoms with E-state index in [1.54, 1.807) is 7.11 Å². The van der Waals surface area contributed by atoms with Crippen molar-refractivity contribution < 1.29 is 4.74 Å². The predicted octanol–water partition coefficient (Wildman–Crippen LogP) is 2.89. The Hall–Kier alpha value is -1.16. The minimum atomic E-state index is 0.455. The Labute approximate surface area is 121 Å². The van der Waals surface area contributed by atoms with Crippen LogP contribution in [0.1, 0.15) is 49.2 Å². The Kier molecular flexibility index (Phi) is 3.92. The predicted molar refractivity (Wildman–Crippen MR) is 80.1 cm³/mol. The summed E-state index contributed by atoms with van der Waals surface area (Å²) in [5, 5.41) is 3.62. The zero-order valence-corrected chi connectivity index (χ0v) is 12.7. The molecule has 3 rings (SSSR count). The highest BCUT2D eigenvalue weighted by Gasteiger charge is 2.41. The maximum absolute atomic E-state index is 5.23. The Morgan fingerprint density at radius 3 is 2.75 bits per heavy atom. The summed E-state index contributed by atoms with van der Waals surface area (Å²) >= 11 is 0. The first kappa shape index (κ1) is 13.8. The lowest BCUT2D eigenvalue weighted by Crippen LogP contribution is -2.20. The van der Waals surface area contributed by atoms with Gasteiger partial charge in [-0.15, -0.1) is 0 Å². The summed E-state index contributed by atoms with van der Waals surface area (Å²) in [6.07, 6.45) is 8.56. The molecule has 0 radical (unpaired) electrons. The van der Waals surface area contributed by atoms with Crippen molar-refractivity contribution in [3.8, 4) is 0 Å². The average molecular weight is 275 g/mol. The molecule has 0 spiro atoms. The van der Waals surface area contributed by atoms with Crippen molar-refractivity contribution in [2.45, 2.75) is 51.9 Å². The Balaban J connectivity index is 1.70. The van der Waals surface area contributed by atoms with Crippen LogP contribution in [0.25, 0.3) is 0 Å². The third kappa shape index (κ3) is 2.95. The van der Waals surface area contributed by atoms with Gasteiger partial charge in [-0.3, -0.25) is 0 Å². The standard InChI is InChI=1S/C16H25N3O/c1-12-18-14-6-4-3-5-13(14)15(19-12)17-11-16(7-8-16)9-10-20-2/h3-11H2,1-2H3,(H,17,18,19). The number of hydrogen-bond acceptors (Lipinski definition) is 4. The van der Waals surface area contributed by atoms with Crippen LogP contribution in [0.2, 0.25) is 0 Å². The molecule has 1 heterocycles. The van der Waals surface area contributed by atoms with Crippen LogP contribution in [0.3, 0.4) is 0 Å². The van der Waals surface area contributed by atoms with Crippen molar-refractivity contribution in [2.24, 2.45) is 5.41 Å². The SMILES string of the molecule is COCCC1(CNc2nc(C)nc3c2CCCC3)CC1. The molecule has 1 fully saturated rings. The van der Waals surface area contributed by atoms with E-state index in [0.717, 1.165) is 44.1 Å². The van der Waals surface area contributed by atoms with E-state index in [1.807, 2.05) is 6.92 Å². The molecule has 4 nitrogen and oxygen atoms in total. The highest BCUT2D eigenvalue weighted by atomic mass is 16.5. The summed E-state index contributed by atoms with van der Waals surface area (Å²) in [5.41, 5.74) is 3.09. The first-order valence-corrected chi connectivity index (χ1v) is 7.82. The fourth-order valence-electron chi connectivity index (χ4n) is 3.15. The molecule has 20 heavy (non-hydrogen) atoms. The number of fused-ring (bicyclic) bond motifs is 1. The molecule has 2 aliphatic rings. The van der Waals surface area contributed by atoms with E-state index in [1.165, 1.54) is 36.9 Å². The highest BCUT2D eigenvalue weighted by molar-refractivity contribution is 5.48. The maximum Gasteiger partial charge on any atom is 0.133 e. The Morgan fingerprint density at radius 2 is 2.00 bits per heavy atom. The molecular weight excluding hydrogens is 250 g/mol. The van der Waals surface area contributed by atoms with E-state index < -0.39 is 0 Å². The molecule has 0 aromatic carbocycles. The lowest BCUT2D eigenvalue weighted by Gasteiger charge is -2.21. The molecule has 1 saturated carbocycles.